The first-order chi connectivity index (χ1) is 11.9. The van der Waals surface area contributed by atoms with Gasteiger partial charge in [-0.05, 0) is 25.0 Å². The minimum Gasteiger partial charge on any atom is -0.297 e. The molecule has 130 valence electrons. The molecule has 0 radical (unpaired) electrons. The second-order valence-electron chi connectivity index (χ2n) is 5.72. The van der Waals surface area contributed by atoms with Crippen molar-refractivity contribution >= 4 is 33.7 Å². The molecule has 0 bridgehead atoms. The van der Waals surface area contributed by atoms with Crippen molar-refractivity contribution in [3.05, 3.63) is 51.5 Å². The molecule has 4 nitrogen and oxygen atoms in total. The minimum absolute atomic E-state index is 0.139. The Bertz CT molecular complexity index is 914. The molecule has 0 saturated heterocycles. The van der Waals surface area contributed by atoms with Crippen LogP contribution in [0.15, 0.2) is 23.6 Å². The molecule has 1 N–H and O–H groups in total. The summed E-state index contributed by atoms with van der Waals surface area (Å²) in [6, 6.07) is 3.62. The maximum Gasteiger partial charge on any atom is 0.269 e. The Balaban J connectivity index is 1.88. The summed E-state index contributed by atoms with van der Waals surface area (Å²) in [5, 5.41) is 5.23. The summed E-state index contributed by atoms with van der Waals surface area (Å²) in [5.74, 6) is -1.53. The number of amides is 1. The summed E-state index contributed by atoms with van der Waals surface area (Å²) >= 11 is 2.29. The Morgan fingerprint density at radius 3 is 2.48 bits per heavy atom. The number of carbonyl (C=O) groups excluding carboxylic acids is 1. The van der Waals surface area contributed by atoms with Gasteiger partial charge in [-0.25, -0.2) is 18.7 Å². The number of carbonyl (C=O) groups is 1. The Morgan fingerprint density at radius 1 is 1.20 bits per heavy atom. The number of benzene rings is 1. The lowest BCUT2D eigenvalue weighted by molar-refractivity contribution is 0.103. The number of nitrogens with zero attached hydrogens (tertiary/aromatic N) is 2. The predicted molar refractivity (Wildman–Crippen MR) is 96.4 cm³/mol. The van der Waals surface area contributed by atoms with Gasteiger partial charge in [0.15, 0.2) is 5.13 Å². The number of aromatic nitrogens is 2. The van der Waals surface area contributed by atoms with Crippen molar-refractivity contribution in [2.45, 2.75) is 26.7 Å². The summed E-state index contributed by atoms with van der Waals surface area (Å²) in [7, 11) is 0. The monoisotopic (exact) mass is 379 g/mol. The Kier molecular flexibility index (Phi) is 4.91. The molecule has 2 heterocycles. The zero-order valence-corrected chi connectivity index (χ0v) is 15.4. The highest BCUT2D eigenvalue weighted by Crippen LogP contribution is 2.32. The first kappa shape index (κ1) is 17.6. The van der Waals surface area contributed by atoms with Gasteiger partial charge in [0, 0.05) is 5.38 Å². The van der Waals surface area contributed by atoms with Gasteiger partial charge in [-0.1, -0.05) is 19.9 Å². The van der Waals surface area contributed by atoms with E-state index in [1.54, 1.807) is 6.92 Å². The van der Waals surface area contributed by atoms with E-state index in [1.165, 1.54) is 17.4 Å². The molecule has 0 saturated carbocycles. The van der Waals surface area contributed by atoms with Crippen LogP contribution in [-0.2, 0) is 0 Å². The lowest BCUT2D eigenvalue weighted by Crippen LogP contribution is -2.11. The van der Waals surface area contributed by atoms with Crippen LogP contribution in [-0.4, -0.2) is 15.9 Å². The van der Waals surface area contributed by atoms with Crippen molar-refractivity contribution < 1.29 is 13.6 Å². The second kappa shape index (κ2) is 6.97. The second-order valence-corrected chi connectivity index (χ2v) is 7.57. The molecule has 0 aliphatic heterocycles. The van der Waals surface area contributed by atoms with Crippen LogP contribution in [0.4, 0.5) is 13.9 Å². The van der Waals surface area contributed by atoms with E-state index in [9.17, 15) is 13.6 Å². The van der Waals surface area contributed by atoms with Crippen LogP contribution >= 0.6 is 22.7 Å². The lowest BCUT2D eigenvalue weighted by atomic mass is 10.2. The van der Waals surface area contributed by atoms with Crippen molar-refractivity contribution in [3.8, 4) is 10.6 Å². The molecule has 3 aromatic rings. The maximum atomic E-state index is 13.9. The van der Waals surface area contributed by atoms with Gasteiger partial charge in [0.1, 0.15) is 21.5 Å². The minimum atomic E-state index is -0.706. The fraction of sp³-hybridized carbons (Fsp3) is 0.235. The third-order valence-corrected chi connectivity index (χ3v) is 5.46. The predicted octanol–water partition coefficient (Wildman–Crippen LogP) is 5.23. The van der Waals surface area contributed by atoms with Crippen LogP contribution < -0.4 is 5.32 Å². The average molecular weight is 379 g/mol. The Morgan fingerprint density at radius 2 is 1.88 bits per heavy atom. The SMILES string of the molecule is Cc1nc(-c2c(F)cccc2F)sc1C(=O)Nc1nc(C(C)C)cs1. The number of nitrogens with one attached hydrogen (secondary N) is 1. The molecule has 0 fully saturated rings. The normalized spacial score (nSPS) is 11.1. The van der Waals surface area contributed by atoms with Crippen LogP contribution in [0.2, 0.25) is 0 Å². The molecule has 0 atom stereocenters. The Labute approximate surface area is 151 Å². The molecular formula is C17H15F2N3OS2. The van der Waals surface area contributed by atoms with Gasteiger partial charge in [0.25, 0.3) is 5.91 Å². The molecule has 0 spiro atoms. The highest BCUT2D eigenvalue weighted by Gasteiger charge is 2.21. The molecule has 1 amide bonds. The van der Waals surface area contributed by atoms with E-state index < -0.39 is 11.6 Å². The quantitative estimate of drug-likeness (QED) is 0.675. The molecule has 0 aliphatic rings. The third-order valence-electron chi connectivity index (χ3n) is 3.51. The van der Waals surface area contributed by atoms with E-state index in [0.29, 0.717) is 15.7 Å². The highest BCUT2D eigenvalue weighted by atomic mass is 32.1. The van der Waals surface area contributed by atoms with Crippen molar-refractivity contribution in [2.24, 2.45) is 0 Å². The van der Waals surface area contributed by atoms with Crippen LogP contribution in [0.5, 0.6) is 0 Å². The van der Waals surface area contributed by atoms with Crippen molar-refractivity contribution in [2.75, 3.05) is 5.32 Å². The lowest BCUT2D eigenvalue weighted by Gasteiger charge is -2.01. The van der Waals surface area contributed by atoms with Crippen molar-refractivity contribution in [1.29, 1.82) is 0 Å². The number of hydrogen-bond acceptors (Lipinski definition) is 5. The summed E-state index contributed by atoms with van der Waals surface area (Å²) in [6.07, 6.45) is 0. The number of aryl methyl sites for hydroxylation is 1. The Hall–Kier alpha value is -2.19. The number of thiazole rings is 2. The van der Waals surface area contributed by atoms with E-state index in [-0.39, 0.29) is 22.4 Å². The molecule has 0 aliphatic carbocycles. The molecule has 25 heavy (non-hydrogen) atoms. The van der Waals surface area contributed by atoms with Crippen LogP contribution in [0.3, 0.4) is 0 Å². The molecule has 1 aromatic carbocycles. The summed E-state index contributed by atoms with van der Waals surface area (Å²) in [6.45, 7) is 5.67. The highest BCUT2D eigenvalue weighted by molar-refractivity contribution is 7.17. The van der Waals surface area contributed by atoms with Gasteiger partial charge in [0.05, 0.1) is 17.0 Å². The van der Waals surface area contributed by atoms with Crippen LogP contribution in [0.1, 0.15) is 40.8 Å². The fourth-order valence-corrected chi connectivity index (χ4v) is 4.06. The smallest absolute Gasteiger partial charge is 0.269 e. The van der Waals surface area contributed by atoms with Crippen molar-refractivity contribution in [1.82, 2.24) is 9.97 Å². The van der Waals surface area contributed by atoms with Gasteiger partial charge in [-0.2, -0.15) is 0 Å². The molecule has 0 unspecified atom stereocenters. The van der Waals surface area contributed by atoms with E-state index >= 15 is 0 Å². The molecular weight excluding hydrogens is 364 g/mol. The molecule has 3 rings (SSSR count). The van der Waals surface area contributed by atoms with Crippen LogP contribution in [0.25, 0.3) is 10.6 Å². The molecule has 8 heteroatoms. The third kappa shape index (κ3) is 3.59. The first-order valence-corrected chi connectivity index (χ1v) is 9.25. The summed E-state index contributed by atoms with van der Waals surface area (Å²) in [5.41, 5.74) is 1.10. The maximum absolute atomic E-state index is 13.9. The largest absolute Gasteiger partial charge is 0.297 e. The summed E-state index contributed by atoms with van der Waals surface area (Å²) in [4.78, 5) is 21.3. The van der Waals surface area contributed by atoms with Gasteiger partial charge < -0.3 is 0 Å². The van der Waals surface area contributed by atoms with E-state index in [4.69, 9.17) is 0 Å². The van der Waals surface area contributed by atoms with Gasteiger partial charge >= 0.3 is 0 Å². The zero-order chi connectivity index (χ0) is 18.1. The van der Waals surface area contributed by atoms with E-state index in [0.717, 1.165) is 29.2 Å². The molecule has 2 aromatic heterocycles. The van der Waals surface area contributed by atoms with Crippen molar-refractivity contribution in [3.63, 3.8) is 0 Å². The van der Waals surface area contributed by atoms with Gasteiger partial charge in [0.2, 0.25) is 0 Å². The standard InChI is InChI=1S/C17H15F2N3OS2/c1-8(2)12-7-24-17(21-12)22-15(23)14-9(3)20-16(25-14)13-10(18)5-4-6-11(13)19/h4-8H,1-3H3,(H,21,22,23). The topological polar surface area (TPSA) is 54.9 Å². The van der Waals surface area contributed by atoms with Crippen LogP contribution in [0, 0.1) is 18.6 Å². The number of hydrogen-bond donors (Lipinski definition) is 1. The first-order valence-electron chi connectivity index (χ1n) is 7.55. The number of halogens is 2. The number of anilines is 1. The fourth-order valence-electron chi connectivity index (χ4n) is 2.18. The van der Waals surface area contributed by atoms with Gasteiger partial charge in [-0.15, -0.1) is 22.7 Å². The zero-order valence-electron chi connectivity index (χ0n) is 13.8. The number of rotatable bonds is 4. The van der Waals surface area contributed by atoms with Gasteiger partial charge in [-0.3, -0.25) is 10.1 Å². The summed E-state index contributed by atoms with van der Waals surface area (Å²) < 4.78 is 27.8. The van der Waals surface area contributed by atoms with E-state index in [1.807, 2.05) is 19.2 Å². The average Bonchev–Trinajstić information content (AvgIpc) is 3.14. The van der Waals surface area contributed by atoms with E-state index in [2.05, 4.69) is 15.3 Å².